The Morgan fingerprint density at radius 3 is 2.43 bits per heavy atom. The third-order valence-corrected chi connectivity index (χ3v) is 3.39. The molecule has 76 valence electrons. The molecule has 3 heteroatoms. The second-order valence-electron chi connectivity index (χ2n) is 4.41. The summed E-state index contributed by atoms with van der Waals surface area (Å²) >= 11 is 0. The van der Waals surface area contributed by atoms with Gasteiger partial charge in [0.2, 0.25) is 0 Å². The topological polar surface area (TPSA) is 37.4 Å². The summed E-state index contributed by atoms with van der Waals surface area (Å²) in [6.07, 6.45) is 4.80. The molecule has 0 aromatic heterocycles. The van der Waals surface area contributed by atoms with Crippen LogP contribution in [0.3, 0.4) is 0 Å². The molecular formula is C11H15NO2. The molecule has 3 nitrogen and oxygen atoms in total. The Bertz CT molecular complexity index is 326. The number of carbonyl (C=O) groups is 2. The number of hydrogen-bond acceptors (Lipinski definition) is 2. The first-order chi connectivity index (χ1) is 6.58. The van der Waals surface area contributed by atoms with Crippen LogP contribution in [0.1, 0.15) is 33.1 Å². The van der Waals surface area contributed by atoms with E-state index in [1.54, 1.807) is 6.92 Å². The van der Waals surface area contributed by atoms with Gasteiger partial charge in [-0.1, -0.05) is 6.92 Å². The predicted molar refractivity (Wildman–Crippen MR) is 52.4 cm³/mol. The average molecular weight is 193 g/mol. The van der Waals surface area contributed by atoms with Crippen molar-refractivity contribution >= 4 is 11.8 Å². The summed E-state index contributed by atoms with van der Waals surface area (Å²) in [5, 5.41) is 0. The molecule has 1 aliphatic carbocycles. The molecule has 2 aliphatic rings. The maximum atomic E-state index is 11.6. The quantitative estimate of drug-likeness (QED) is 0.637. The van der Waals surface area contributed by atoms with E-state index in [0.717, 1.165) is 19.3 Å². The van der Waals surface area contributed by atoms with E-state index < -0.39 is 0 Å². The maximum absolute atomic E-state index is 11.6. The van der Waals surface area contributed by atoms with E-state index in [0.29, 0.717) is 12.1 Å². The molecular weight excluding hydrogens is 178 g/mol. The van der Waals surface area contributed by atoms with Gasteiger partial charge in [0, 0.05) is 18.2 Å². The number of imide groups is 1. The standard InChI is InChI=1S/C11H15NO2/c1-3-11(4-5-11)7-12-9(13)6-8(2)10(12)14/h6H,3-5,7H2,1-2H3. The molecule has 0 aromatic carbocycles. The third kappa shape index (κ3) is 1.37. The van der Waals surface area contributed by atoms with E-state index >= 15 is 0 Å². The fourth-order valence-corrected chi connectivity index (χ4v) is 1.92. The van der Waals surface area contributed by atoms with E-state index in [-0.39, 0.29) is 17.2 Å². The zero-order valence-corrected chi connectivity index (χ0v) is 8.67. The van der Waals surface area contributed by atoms with Gasteiger partial charge in [-0.3, -0.25) is 14.5 Å². The molecule has 14 heavy (non-hydrogen) atoms. The van der Waals surface area contributed by atoms with E-state index in [4.69, 9.17) is 0 Å². The second-order valence-corrected chi connectivity index (χ2v) is 4.41. The van der Waals surface area contributed by atoms with Gasteiger partial charge in [-0.15, -0.1) is 0 Å². The molecule has 0 spiro atoms. The Kier molecular flexibility index (Phi) is 1.98. The van der Waals surface area contributed by atoms with Crippen LogP contribution in [0.5, 0.6) is 0 Å². The summed E-state index contributed by atoms with van der Waals surface area (Å²) in [5.74, 6) is -0.234. The smallest absolute Gasteiger partial charge is 0.256 e. The normalized spacial score (nSPS) is 24.1. The Hall–Kier alpha value is -1.12. The van der Waals surface area contributed by atoms with Gasteiger partial charge >= 0.3 is 0 Å². The van der Waals surface area contributed by atoms with E-state index in [1.807, 2.05) is 0 Å². The molecule has 0 N–H and O–H groups in total. The van der Waals surface area contributed by atoms with Crippen molar-refractivity contribution in [1.29, 1.82) is 0 Å². The van der Waals surface area contributed by atoms with Crippen LogP contribution in [0, 0.1) is 5.41 Å². The molecule has 0 atom stereocenters. The van der Waals surface area contributed by atoms with Crippen molar-refractivity contribution in [2.24, 2.45) is 5.41 Å². The summed E-state index contributed by atoms with van der Waals surface area (Å²) in [7, 11) is 0. The van der Waals surface area contributed by atoms with E-state index in [1.165, 1.54) is 11.0 Å². The Balaban J connectivity index is 2.07. The van der Waals surface area contributed by atoms with Gasteiger partial charge in [-0.05, 0) is 31.6 Å². The third-order valence-electron chi connectivity index (χ3n) is 3.39. The van der Waals surface area contributed by atoms with Crippen molar-refractivity contribution < 1.29 is 9.59 Å². The summed E-state index contributed by atoms with van der Waals surface area (Å²) in [4.78, 5) is 24.4. The number of amides is 2. The lowest BCUT2D eigenvalue weighted by molar-refractivity contribution is -0.138. The van der Waals surface area contributed by atoms with Crippen molar-refractivity contribution in [1.82, 2.24) is 4.90 Å². The molecule has 0 unspecified atom stereocenters. The molecule has 1 aliphatic heterocycles. The van der Waals surface area contributed by atoms with Gasteiger partial charge < -0.3 is 0 Å². The van der Waals surface area contributed by atoms with Gasteiger partial charge in [-0.2, -0.15) is 0 Å². The number of nitrogens with zero attached hydrogens (tertiary/aromatic N) is 1. The first-order valence-corrected chi connectivity index (χ1v) is 5.12. The highest BCUT2D eigenvalue weighted by molar-refractivity contribution is 6.15. The van der Waals surface area contributed by atoms with Crippen LogP contribution in [0.4, 0.5) is 0 Å². The van der Waals surface area contributed by atoms with Gasteiger partial charge in [0.1, 0.15) is 0 Å². The lowest BCUT2D eigenvalue weighted by Crippen LogP contribution is -2.36. The number of carbonyl (C=O) groups excluding carboxylic acids is 2. The molecule has 0 bridgehead atoms. The highest BCUT2D eigenvalue weighted by Gasteiger charge is 2.45. The lowest BCUT2D eigenvalue weighted by Gasteiger charge is -2.20. The van der Waals surface area contributed by atoms with Crippen LogP contribution < -0.4 is 0 Å². The monoisotopic (exact) mass is 193 g/mol. The second kappa shape index (κ2) is 2.94. The SMILES string of the molecule is CCC1(CN2C(=O)C=C(C)C2=O)CC1. The number of hydrogen-bond donors (Lipinski definition) is 0. The molecule has 0 radical (unpaired) electrons. The van der Waals surface area contributed by atoms with Crippen LogP contribution >= 0.6 is 0 Å². The minimum absolute atomic E-state index is 0.102. The minimum atomic E-state index is -0.132. The fraction of sp³-hybridized carbons (Fsp3) is 0.636. The van der Waals surface area contributed by atoms with E-state index in [2.05, 4.69) is 6.92 Å². The molecule has 1 saturated carbocycles. The van der Waals surface area contributed by atoms with Crippen molar-refractivity contribution in [2.45, 2.75) is 33.1 Å². The highest BCUT2D eigenvalue weighted by Crippen LogP contribution is 2.49. The number of rotatable bonds is 3. The minimum Gasteiger partial charge on any atom is -0.275 e. The first kappa shape index (κ1) is 9.44. The van der Waals surface area contributed by atoms with Crippen LogP contribution in [-0.4, -0.2) is 23.3 Å². The van der Waals surface area contributed by atoms with Crippen LogP contribution in [0.2, 0.25) is 0 Å². The van der Waals surface area contributed by atoms with Crippen LogP contribution in [0.25, 0.3) is 0 Å². The summed E-state index contributed by atoms with van der Waals surface area (Å²) in [5.41, 5.74) is 0.825. The average Bonchev–Trinajstić information content (AvgIpc) is 2.88. The fourth-order valence-electron chi connectivity index (χ4n) is 1.92. The van der Waals surface area contributed by atoms with Crippen molar-refractivity contribution in [3.63, 3.8) is 0 Å². The highest BCUT2D eigenvalue weighted by atomic mass is 16.2. The summed E-state index contributed by atoms with van der Waals surface area (Å²) in [6.45, 7) is 4.44. The molecule has 2 rings (SSSR count). The Morgan fingerprint density at radius 1 is 1.43 bits per heavy atom. The van der Waals surface area contributed by atoms with Crippen molar-refractivity contribution in [2.75, 3.05) is 6.54 Å². The van der Waals surface area contributed by atoms with Crippen LogP contribution in [0.15, 0.2) is 11.6 Å². The van der Waals surface area contributed by atoms with Gasteiger partial charge in [0.25, 0.3) is 11.8 Å². The van der Waals surface area contributed by atoms with Gasteiger partial charge in [-0.25, -0.2) is 0 Å². The Morgan fingerprint density at radius 2 is 2.07 bits per heavy atom. The molecule has 1 fully saturated rings. The predicted octanol–water partition coefficient (Wildman–Crippen LogP) is 1.49. The molecule has 2 amide bonds. The molecule has 0 aromatic rings. The summed E-state index contributed by atoms with van der Waals surface area (Å²) < 4.78 is 0. The van der Waals surface area contributed by atoms with Crippen molar-refractivity contribution in [3.05, 3.63) is 11.6 Å². The Labute approximate surface area is 83.8 Å². The lowest BCUT2D eigenvalue weighted by atomic mass is 10.0. The van der Waals surface area contributed by atoms with Crippen molar-refractivity contribution in [3.8, 4) is 0 Å². The van der Waals surface area contributed by atoms with Gasteiger partial charge in [0.15, 0.2) is 0 Å². The van der Waals surface area contributed by atoms with Crippen LogP contribution in [-0.2, 0) is 9.59 Å². The zero-order chi connectivity index (χ0) is 10.3. The largest absolute Gasteiger partial charge is 0.275 e. The summed E-state index contributed by atoms with van der Waals surface area (Å²) in [6, 6.07) is 0. The molecule has 0 saturated heterocycles. The first-order valence-electron chi connectivity index (χ1n) is 5.12. The molecule has 1 heterocycles. The van der Waals surface area contributed by atoms with E-state index in [9.17, 15) is 9.59 Å². The maximum Gasteiger partial charge on any atom is 0.256 e. The zero-order valence-electron chi connectivity index (χ0n) is 8.67. The van der Waals surface area contributed by atoms with Gasteiger partial charge in [0.05, 0.1) is 0 Å².